The minimum atomic E-state index is -3.15. The zero-order valence-electron chi connectivity index (χ0n) is 9.55. The number of aromatic nitrogens is 1. The Hall–Kier alpha value is -1.50. The average molecular weight is 260 g/mol. The van der Waals surface area contributed by atoms with Crippen LogP contribution in [0.5, 0.6) is 0 Å². The molecule has 0 saturated carbocycles. The highest BCUT2D eigenvalue weighted by molar-refractivity contribution is 7.90. The van der Waals surface area contributed by atoms with Gasteiger partial charge in [0.15, 0.2) is 0 Å². The SMILES string of the molecule is CN(CCS(C)(=O)=O)C(=O)c1cccnc1F. The van der Waals surface area contributed by atoms with E-state index in [1.807, 2.05) is 0 Å². The van der Waals surface area contributed by atoms with Crippen molar-refractivity contribution in [1.82, 2.24) is 9.88 Å². The van der Waals surface area contributed by atoms with Crippen molar-refractivity contribution in [1.29, 1.82) is 0 Å². The summed E-state index contributed by atoms with van der Waals surface area (Å²) in [4.78, 5) is 16.2. The van der Waals surface area contributed by atoms with Crippen molar-refractivity contribution in [3.63, 3.8) is 0 Å². The average Bonchev–Trinajstić information content (AvgIpc) is 2.24. The number of hydrogen-bond acceptors (Lipinski definition) is 4. The minimum absolute atomic E-state index is 0.0198. The van der Waals surface area contributed by atoms with Crippen LogP contribution >= 0.6 is 0 Å². The van der Waals surface area contributed by atoms with Crippen molar-refractivity contribution in [2.75, 3.05) is 25.6 Å². The van der Waals surface area contributed by atoms with Gasteiger partial charge in [0.2, 0.25) is 5.95 Å². The van der Waals surface area contributed by atoms with Gasteiger partial charge in [-0.1, -0.05) is 0 Å². The predicted molar refractivity (Wildman–Crippen MR) is 60.9 cm³/mol. The van der Waals surface area contributed by atoms with Crippen LogP contribution in [-0.2, 0) is 9.84 Å². The summed E-state index contributed by atoms with van der Waals surface area (Å²) in [6.45, 7) is 0.0198. The molecule has 0 radical (unpaired) electrons. The molecule has 0 aliphatic rings. The van der Waals surface area contributed by atoms with E-state index in [-0.39, 0.29) is 17.9 Å². The van der Waals surface area contributed by atoms with E-state index in [1.165, 1.54) is 25.4 Å². The molecule has 0 aliphatic carbocycles. The first-order valence-corrected chi connectivity index (χ1v) is 6.91. The standard InChI is InChI=1S/C10H13FN2O3S/c1-13(6-7-17(2,15)16)10(14)8-4-3-5-12-9(8)11/h3-5H,6-7H2,1-2H3. The van der Waals surface area contributed by atoms with E-state index < -0.39 is 21.7 Å². The first-order chi connectivity index (χ1) is 7.81. The lowest BCUT2D eigenvalue weighted by Gasteiger charge is -2.16. The van der Waals surface area contributed by atoms with E-state index >= 15 is 0 Å². The summed E-state index contributed by atoms with van der Waals surface area (Å²) in [6, 6.07) is 2.75. The van der Waals surface area contributed by atoms with Crippen molar-refractivity contribution in [3.8, 4) is 0 Å². The zero-order chi connectivity index (χ0) is 13.1. The third-order valence-corrected chi connectivity index (χ3v) is 3.06. The van der Waals surface area contributed by atoms with Gasteiger partial charge in [-0.3, -0.25) is 4.79 Å². The number of rotatable bonds is 4. The molecule has 0 fully saturated rings. The fraction of sp³-hybridized carbons (Fsp3) is 0.400. The van der Waals surface area contributed by atoms with Gasteiger partial charge in [0, 0.05) is 26.0 Å². The lowest BCUT2D eigenvalue weighted by Crippen LogP contribution is -2.32. The van der Waals surface area contributed by atoms with Gasteiger partial charge >= 0.3 is 0 Å². The normalized spacial score (nSPS) is 11.2. The number of hydrogen-bond donors (Lipinski definition) is 0. The van der Waals surface area contributed by atoms with Gasteiger partial charge in [-0.2, -0.15) is 4.39 Å². The third-order valence-electron chi connectivity index (χ3n) is 2.13. The summed E-state index contributed by atoms with van der Waals surface area (Å²) in [6.07, 6.45) is 2.32. The number of amides is 1. The van der Waals surface area contributed by atoms with Crippen molar-refractivity contribution in [2.45, 2.75) is 0 Å². The lowest BCUT2D eigenvalue weighted by molar-refractivity contribution is 0.0798. The summed E-state index contributed by atoms with van der Waals surface area (Å²) in [5.74, 6) is -1.60. The molecule has 1 aromatic heterocycles. The highest BCUT2D eigenvalue weighted by Gasteiger charge is 2.17. The second-order valence-electron chi connectivity index (χ2n) is 3.70. The van der Waals surface area contributed by atoms with Crippen LogP contribution in [0.25, 0.3) is 0 Å². The fourth-order valence-electron chi connectivity index (χ4n) is 1.16. The van der Waals surface area contributed by atoms with Crippen molar-refractivity contribution < 1.29 is 17.6 Å². The minimum Gasteiger partial charge on any atom is -0.341 e. The van der Waals surface area contributed by atoms with Gasteiger partial charge in [0.05, 0.1) is 11.3 Å². The van der Waals surface area contributed by atoms with Crippen molar-refractivity contribution >= 4 is 15.7 Å². The lowest BCUT2D eigenvalue weighted by atomic mass is 10.2. The summed E-state index contributed by atoms with van der Waals surface area (Å²) in [7, 11) is -1.73. The highest BCUT2D eigenvalue weighted by atomic mass is 32.2. The maximum absolute atomic E-state index is 13.2. The Labute approximate surface area is 99.2 Å². The molecule has 1 aromatic rings. The Bertz CT molecular complexity index is 516. The molecule has 1 amide bonds. The third kappa shape index (κ3) is 4.10. The molecule has 17 heavy (non-hydrogen) atoms. The van der Waals surface area contributed by atoms with Crippen LogP contribution in [0.1, 0.15) is 10.4 Å². The Morgan fingerprint density at radius 3 is 2.71 bits per heavy atom. The van der Waals surface area contributed by atoms with Gasteiger partial charge in [-0.15, -0.1) is 0 Å². The van der Waals surface area contributed by atoms with Gasteiger partial charge in [0.1, 0.15) is 9.84 Å². The van der Waals surface area contributed by atoms with Crippen molar-refractivity contribution in [3.05, 3.63) is 29.8 Å². The Morgan fingerprint density at radius 1 is 1.53 bits per heavy atom. The topological polar surface area (TPSA) is 67.3 Å². The van der Waals surface area contributed by atoms with Gasteiger partial charge in [0.25, 0.3) is 5.91 Å². The molecule has 7 heteroatoms. The van der Waals surface area contributed by atoms with E-state index in [1.54, 1.807) is 0 Å². The van der Waals surface area contributed by atoms with Crippen LogP contribution in [0.3, 0.4) is 0 Å². The zero-order valence-corrected chi connectivity index (χ0v) is 10.4. The predicted octanol–water partition coefficient (Wildman–Crippen LogP) is 0.337. The number of sulfone groups is 1. The molecular weight excluding hydrogens is 247 g/mol. The largest absolute Gasteiger partial charge is 0.341 e. The van der Waals surface area contributed by atoms with Gasteiger partial charge in [-0.25, -0.2) is 13.4 Å². The molecule has 1 rings (SSSR count). The number of carbonyl (C=O) groups excluding carboxylic acids is 1. The highest BCUT2D eigenvalue weighted by Crippen LogP contribution is 2.06. The first kappa shape index (κ1) is 13.6. The molecular formula is C10H13FN2O3S. The molecule has 0 aliphatic heterocycles. The molecule has 0 bridgehead atoms. The van der Waals surface area contributed by atoms with E-state index in [0.29, 0.717) is 0 Å². The van der Waals surface area contributed by atoms with Crippen LogP contribution < -0.4 is 0 Å². The van der Waals surface area contributed by atoms with E-state index in [4.69, 9.17) is 0 Å². The molecule has 94 valence electrons. The quantitative estimate of drug-likeness (QED) is 0.732. The Morgan fingerprint density at radius 2 is 2.18 bits per heavy atom. The Balaban J connectivity index is 2.74. The summed E-state index contributed by atoms with van der Waals surface area (Å²) >= 11 is 0. The smallest absolute Gasteiger partial charge is 0.258 e. The number of nitrogens with zero attached hydrogens (tertiary/aromatic N) is 2. The maximum atomic E-state index is 13.2. The molecule has 0 N–H and O–H groups in total. The molecule has 0 atom stereocenters. The number of carbonyl (C=O) groups is 1. The van der Waals surface area contributed by atoms with E-state index in [0.717, 1.165) is 11.2 Å². The number of halogens is 1. The molecule has 1 heterocycles. The van der Waals surface area contributed by atoms with E-state index in [2.05, 4.69) is 4.98 Å². The summed E-state index contributed by atoms with van der Waals surface area (Å²) in [5, 5.41) is 0. The maximum Gasteiger partial charge on any atom is 0.258 e. The van der Waals surface area contributed by atoms with Crippen LogP contribution in [0.4, 0.5) is 4.39 Å². The molecule has 5 nitrogen and oxygen atoms in total. The van der Waals surface area contributed by atoms with Crippen molar-refractivity contribution in [2.24, 2.45) is 0 Å². The van der Waals surface area contributed by atoms with Crippen LogP contribution in [-0.4, -0.2) is 49.8 Å². The Kier molecular flexibility index (Phi) is 4.17. The van der Waals surface area contributed by atoms with Gasteiger partial charge in [-0.05, 0) is 12.1 Å². The van der Waals surface area contributed by atoms with Crippen LogP contribution in [0.2, 0.25) is 0 Å². The first-order valence-electron chi connectivity index (χ1n) is 4.85. The molecule has 0 saturated heterocycles. The second kappa shape index (κ2) is 5.22. The second-order valence-corrected chi connectivity index (χ2v) is 5.96. The number of pyridine rings is 1. The van der Waals surface area contributed by atoms with Crippen LogP contribution in [0, 0.1) is 5.95 Å². The van der Waals surface area contributed by atoms with Gasteiger partial charge < -0.3 is 4.90 Å². The van der Waals surface area contributed by atoms with E-state index in [9.17, 15) is 17.6 Å². The molecule has 0 spiro atoms. The monoisotopic (exact) mass is 260 g/mol. The summed E-state index contributed by atoms with van der Waals surface area (Å²) in [5.41, 5.74) is -0.163. The molecule has 0 unspecified atom stereocenters. The molecule has 0 aromatic carbocycles. The fourth-order valence-corrected chi connectivity index (χ4v) is 1.76. The van der Waals surface area contributed by atoms with Crippen LogP contribution in [0.15, 0.2) is 18.3 Å². The summed E-state index contributed by atoms with van der Waals surface area (Å²) < 4.78 is 35.1.